The van der Waals surface area contributed by atoms with Crippen LogP contribution >= 0.6 is 11.9 Å². The van der Waals surface area contributed by atoms with Gasteiger partial charge in [-0.2, -0.15) is 0 Å². The normalized spacial score (nSPS) is 11.7. The number of nitrogens with zero attached hydrogens (tertiary/aromatic N) is 1. The minimum Gasteiger partial charge on any atom is -0.453 e. The highest BCUT2D eigenvalue weighted by molar-refractivity contribution is 7.99. The summed E-state index contributed by atoms with van der Waals surface area (Å²) in [4.78, 5) is 27.2. The lowest BCUT2D eigenvalue weighted by Gasteiger charge is -2.21. The number of carbonyl (C=O) groups excluding carboxylic acids is 1. The zero-order valence-electron chi connectivity index (χ0n) is 16.6. The van der Waals surface area contributed by atoms with Crippen LogP contribution in [-0.4, -0.2) is 29.9 Å². The van der Waals surface area contributed by atoms with E-state index in [4.69, 9.17) is 4.74 Å². The molecule has 0 amide bonds. The largest absolute Gasteiger partial charge is 0.453 e. The van der Waals surface area contributed by atoms with Gasteiger partial charge in [0.1, 0.15) is 12.7 Å². The zero-order valence-corrected chi connectivity index (χ0v) is 17.4. The molecule has 8 nitrogen and oxygen atoms in total. The second-order valence-corrected chi connectivity index (χ2v) is 7.19. The molecule has 0 aromatic heterocycles. The van der Waals surface area contributed by atoms with Crippen LogP contribution in [0.5, 0.6) is 0 Å². The molecule has 0 fully saturated rings. The molecule has 9 heteroatoms. The van der Waals surface area contributed by atoms with Gasteiger partial charge >= 0.3 is 5.97 Å². The van der Waals surface area contributed by atoms with Gasteiger partial charge in [-0.05, 0) is 35.4 Å². The Balaban J connectivity index is 2.08. The Bertz CT molecular complexity index is 797. The monoisotopic (exact) mass is 419 g/mol. The quantitative estimate of drug-likeness (QED) is 0.244. The molecule has 0 saturated heterocycles. The molecule has 0 spiro atoms. The fraction of sp³-hybridized carbons (Fsp3) is 0.350. The summed E-state index contributed by atoms with van der Waals surface area (Å²) in [6, 6.07) is 14.3. The van der Waals surface area contributed by atoms with Gasteiger partial charge in [-0.25, -0.2) is 4.79 Å². The van der Waals surface area contributed by atoms with E-state index in [0.29, 0.717) is 17.7 Å². The molecule has 156 valence electrons. The molecular weight excluding hydrogens is 394 g/mol. The molecule has 2 aromatic rings. The highest BCUT2D eigenvalue weighted by Gasteiger charge is 2.18. The number of carbonyl (C=O) groups is 1. The van der Waals surface area contributed by atoms with Gasteiger partial charge in [-0.1, -0.05) is 50.1 Å². The van der Waals surface area contributed by atoms with E-state index >= 15 is 0 Å². The Kier molecular flexibility index (Phi) is 8.75. The van der Waals surface area contributed by atoms with Crippen LogP contribution in [-0.2, 0) is 16.2 Å². The lowest BCUT2D eigenvalue weighted by molar-refractivity contribution is -0.763. The second-order valence-electron chi connectivity index (χ2n) is 6.58. The Morgan fingerprint density at radius 2 is 1.79 bits per heavy atom. The minimum absolute atomic E-state index is 0.167. The van der Waals surface area contributed by atoms with Crippen molar-refractivity contribution in [1.82, 2.24) is 5.32 Å². The fourth-order valence-corrected chi connectivity index (χ4v) is 2.89. The fourth-order valence-electron chi connectivity index (χ4n) is 2.52. The predicted molar refractivity (Wildman–Crippen MR) is 113 cm³/mol. The van der Waals surface area contributed by atoms with Crippen LogP contribution in [0.25, 0.3) is 0 Å². The molecule has 0 aliphatic heterocycles. The third kappa shape index (κ3) is 7.63. The lowest BCUT2D eigenvalue weighted by atomic mass is 10.1. The summed E-state index contributed by atoms with van der Waals surface area (Å²) in [5.74, 6) is -0.464. The third-order valence-electron chi connectivity index (χ3n) is 3.99. The maximum Gasteiger partial charge on any atom is 0.338 e. The van der Waals surface area contributed by atoms with Gasteiger partial charge in [0.2, 0.25) is 0 Å². The molecular formula is C20H25N3O5S. The summed E-state index contributed by atoms with van der Waals surface area (Å²) >= 11 is 1.50. The summed E-state index contributed by atoms with van der Waals surface area (Å²) in [6.45, 7) is 4.36. The standard InChI is InChI=1S/C20H25N3O5S/c1-14(2)21-12-19(16-8-10-18(11-9-16)22-29-3)28-20(24)17-6-4-15(5-7-17)13-27-23(25)26/h4-11,14,19,21-22H,12-13H2,1-3H3. The lowest BCUT2D eigenvalue weighted by Crippen LogP contribution is -2.30. The maximum atomic E-state index is 12.6. The van der Waals surface area contributed by atoms with Crippen molar-refractivity contribution in [3.8, 4) is 0 Å². The van der Waals surface area contributed by atoms with Gasteiger partial charge < -0.3 is 19.6 Å². The van der Waals surface area contributed by atoms with E-state index in [1.54, 1.807) is 24.3 Å². The molecule has 1 atom stereocenters. The van der Waals surface area contributed by atoms with Crippen LogP contribution in [0, 0.1) is 10.1 Å². The second kappa shape index (κ2) is 11.3. The molecule has 2 N–H and O–H groups in total. The third-order valence-corrected chi connectivity index (χ3v) is 4.43. The highest BCUT2D eigenvalue weighted by atomic mass is 32.2. The van der Waals surface area contributed by atoms with E-state index in [2.05, 4.69) is 14.9 Å². The first-order valence-electron chi connectivity index (χ1n) is 9.08. The molecule has 0 heterocycles. The van der Waals surface area contributed by atoms with Gasteiger partial charge in [0.05, 0.1) is 5.56 Å². The molecule has 2 aromatic carbocycles. The number of esters is 1. The molecule has 0 saturated carbocycles. The molecule has 29 heavy (non-hydrogen) atoms. The molecule has 2 rings (SSSR count). The first-order valence-corrected chi connectivity index (χ1v) is 10.3. The van der Waals surface area contributed by atoms with E-state index in [9.17, 15) is 14.9 Å². The Labute approximate surface area is 174 Å². The predicted octanol–water partition coefficient (Wildman–Crippen LogP) is 3.98. The number of nitrogens with one attached hydrogen (secondary N) is 2. The summed E-state index contributed by atoms with van der Waals surface area (Å²) in [7, 11) is 0. The van der Waals surface area contributed by atoms with Gasteiger partial charge in [0, 0.05) is 24.5 Å². The van der Waals surface area contributed by atoms with Crippen molar-refractivity contribution in [2.24, 2.45) is 0 Å². The average Bonchev–Trinajstić information content (AvgIpc) is 2.70. The Morgan fingerprint density at radius 3 is 2.34 bits per heavy atom. The van der Waals surface area contributed by atoms with Crippen molar-refractivity contribution in [3.63, 3.8) is 0 Å². The summed E-state index contributed by atoms with van der Waals surface area (Å²) in [5.41, 5.74) is 2.81. The van der Waals surface area contributed by atoms with Gasteiger partial charge in [0.25, 0.3) is 5.09 Å². The van der Waals surface area contributed by atoms with Gasteiger partial charge in [-0.15, -0.1) is 10.1 Å². The number of ether oxygens (including phenoxy) is 1. The van der Waals surface area contributed by atoms with Crippen LogP contribution in [0.15, 0.2) is 48.5 Å². The topological polar surface area (TPSA) is 103 Å². The smallest absolute Gasteiger partial charge is 0.338 e. The Hall–Kier alpha value is -2.78. The molecule has 0 aliphatic carbocycles. The highest BCUT2D eigenvalue weighted by Crippen LogP contribution is 2.22. The molecule has 0 bridgehead atoms. The summed E-state index contributed by atoms with van der Waals surface area (Å²) < 4.78 is 8.90. The van der Waals surface area contributed by atoms with Crippen LogP contribution in [0.3, 0.4) is 0 Å². The van der Waals surface area contributed by atoms with Crippen molar-refractivity contribution in [1.29, 1.82) is 0 Å². The zero-order chi connectivity index (χ0) is 21.2. The molecule has 0 radical (unpaired) electrons. The first-order chi connectivity index (χ1) is 13.9. The van der Waals surface area contributed by atoms with Crippen molar-refractivity contribution in [2.45, 2.75) is 32.6 Å². The average molecular weight is 420 g/mol. The van der Waals surface area contributed by atoms with E-state index in [1.165, 1.54) is 11.9 Å². The summed E-state index contributed by atoms with van der Waals surface area (Å²) in [6.07, 6.45) is 1.49. The summed E-state index contributed by atoms with van der Waals surface area (Å²) in [5, 5.41) is 12.7. The van der Waals surface area contributed by atoms with E-state index in [1.807, 2.05) is 44.4 Å². The van der Waals surface area contributed by atoms with Crippen molar-refractivity contribution < 1.29 is 19.5 Å². The maximum absolute atomic E-state index is 12.6. The number of benzene rings is 2. The number of anilines is 1. The van der Waals surface area contributed by atoms with E-state index in [0.717, 1.165) is 11.3 Å². The van der Waals surface area contributed by atoms with E-state index < -0.39 is 17.2 Å². The van der Waals surface area contributed by atoms with Crippen LogP contribution < -0.4 is 10.0 Å². The number of hydrogen-bond donors (Lipinski definition) is 2. The number of rotatable bonds is 11. The van der Waals surface area contributed by atoms with E-state index in [-0.39, 0.29) is 12.6 Å². The minimum atomic E-state index is -0.853. The first kappa shape index (κ1) is 22.5. The SMILES string of the molecule is CSNc1ccc(C(CNC(C)C)OC(=O)c2ccc(CO[N+](=O)[O-])cc2)cc1. The Morgan fingerprint density at radius 1 is 1.14 bits per heavy atom. The van der Waals surface area contributed by atoms with Crippen molar-refractivity contribution in [3.05, 3.63) is 75.3 Å². The van der Waals surface area contributed by atoms with Gasteiger partial charge in [-0.3, -0.25) is 0 Å². The van der Waals surface area contributed by atoms with Crippen LogP contribution in [0.1, 0.15) is 41.4 Å². The van der Waals surface area contributed by atoms with Crippen molar-refractivity contribution >= 4 is 23.6 Å². The van der Waals surface area contributed by atoms with Crippen LogP contribution in [0.2, 0.25) is 0 Å². The number of hydrogen-bond acceptors (Lipinski definition) is 8. The van der Waals surface area contributed by atoms with Crippen LogP contribution in [0.4, 0.5) is 5.69 Å². The van der Waals surface area contributed by atoms with Gasteiger partial charge in [0.15, 0.2) is 0 Å². The molecule has 0 aliphatic rings. The molecule has 1 unspecified atom stereocenters. The van der Waals surface area contributed by atoms with Crippen molar-refractivity contribution in [2.75, 3.05) is 17.5 Å².